The summed E-state index contributed by atoms with van der Waals surface area (Å²) >= 11 is 0. The van der Waals surface area contributed by atoms with E-state index in [0.29, 0.717) is 0 Å². The smallest absolute Gasteiger partial charge is 0.170 e. The molecule has 1 N–H and O–H groups in total. The molecule has 0 unspecified atom stereocenters. The van der Waals surface area contributed by atoms with E-state index in [4.69, 9.17) is 14.4 Å². The third kappa shape index (κ3) is 5.96. The van der Waals surface area contributed by atoms with Crippen LogP contribution < -0.4 is 5.32 Å². The molecule has 10 aromatic rings. The van der Waals surface area contributed by atoms with Crippen molar-refractivity contribution >= 4 is 55.2 Å². The van der Waals surface area contributed by atoms with E-state index >= 15 is 0 Å². The maximum atomic E-state index is 6.92. The molecule has 268 valence electrons. The van der Waals surface area contributed by atoms with Crippen molar-refractivity contribution in [3.05, 3.63) is 217 Å². The third-order valence-corrected chi connectivity index (χ3v) is 11.1. The van der Waals surface area contributed by atoms with Gasteiger partial charge in [-0.15, -0.1) is 0 Å². The molecule has 0 radical (unpaired) electrons. The molecule has 1 atom stereocenters. The summed E-state index contributed by atoms with van der Waals surface area (Å²) in [6.45, 7) is 0. The highest BCUT2D eigenvalue weighted by molar-refractivity contribution is 6.17. The Morgan fingerprint density at radius 1 is 0.386 bits per heavy atom. The molecular weight excluding hydrogens is 695 g/mol. The number of aliphatic imine (C=N–C) groups is 2. The van der Waals surface area contributed by atoms with Crippen LogP contribution >= 0.6 is 0 Å². The van der Waals surface area contributed by atoms with Crippen molar-refractivity contribution in [1.29, 1.82) is 0 Å². The molecule has 0 saturated heterocycles. The van der Waals surface area contributed by atoms with Crippen molar-refractivity contribution in [2.75, 3.05) is 0 Å². The molecule has 0 spiro atoms. The van der Waals surface area contributed by atoms with Gasteiger partial charge in [-0.1, -0.05) is 164 Å². The van der Waals surface area contributed by atoms with Gasteiger partial charge in [-0.2, -0.15) is 0 Å². The van der Waals surface area contributed by atoms with E-state index in [1.807, 2.05) is 24.3 Å². The summed E-state index contributed by atoms with van der Waals surface area (Å²) in [4.78, 5) is 10.7. The van der Waals surface area contributed by atoms with Crippen molar-refractivity contribution in [2.24, 2.45) is 9.98 Å². The highest BCUT2D eigenvalue weighted by Crippen LogP contribution is 2.43. The fraction of sp³-hybridized carbons (Fsp3) is 0.0189. The highest BCUT2D eigenvalue weighted by atomic mass is 16.3. The van der Waals surface area contributed by atoms with E-state index in [2.05, 4.69) is 181 Å². The van der Waals surface area contributed by atoms with Crippen LogP contribution in [0.4, 0.5) is 0 Å². The molecule has 1 aliphatic heterocycles. The molecule has 2 heterocycles. The van der Waals surface area contributed by atoms with Crippen LogP contribution in [0.25, 0.3) is 76.9 Å². The zero-order valence-electron chi connectivity index (χ0n) is 30.9. The first-order chi connectivity index (χ1) is 28.2. The Kier molecular flexibility index (Phi) is 7.85. The Labute approximate surface area is 330 Å². The van der Waals surface area contributed by atoms with E-state index in [1.165, 1.54) is 21.5 Å². The number of hydrogen-bond donors (Lipinski definition) is 1. The van der Waals surface area contributed by atoms with Crippen LogP contribution in [0.1, 0.15) is 22.9 Å². The van der Waals surface area contributed by atoms with E-state index in [0.717, 1.165) is 83.7 Å². The summed E-state index contributed by atoms with van der Waals surface area (Å²) in [5.74, 6) is 1.54. The van der Waals surface area contributed by atoms with Gasteiger partial charge in [0.25, 0.3) is 0 Å². The Morgan fingerprint density at radius 3 is 1.68 bits per heavy atom. The van der Waals surface area contributed by atoms with Gasteiger partial charge in [0.05, 0.1) is 0 Å². The fourth-order valence-corrected chi connectivity index (χ4v) is 8.23. The van der Waals surface area contributed by atoms with Gasteiger partial charge >= 0.3 is 0 Å². The SMILES string of the molecule is c1ccc(C2=N[C@H](c3cccc4oc5c(-c6ccc7ccccc7c6)cc(-c6ccc7ccccc7c6)cc5c34)N=C(c3cccc(-c4ccccc4)c3)N2)cc1. The third-order valence-electron chi connectivity index (χ3n) is 11.1. The van der Waals surface area contributed by atoms with E-state index in [1.54, 1.807) is 0 Å². The quantitative estimate of drug-likeness (QED) is 0.185. The number of nitrogens with zero attached hydrogens (tertiary/aromatic N) is 2. The first kappa shape index (κ1) is 32.8. The molecule has 9 aromatic carbocycles. The molecular formula is C53H35N3O. The first-order valence-corrected chi connectivity index (χ1v) is 19.3. The molecule has 1 aromatic heterocycles. The number of amidine groups is 2. The normalized spacial score (nSPS) is 14.1. The van der Waals surface area contributed by atoms with Gasteiger partial charge in [-0.25, -0.2) is 9.98 Å². The van der Waals surface area contributed by atoms with Crippen LogP contribution in [-0.4, -0.2) is 11.7 Å². The maximum absolute atomic E-state index is 6.92. The lowest BCUT2D eigenvalue weighted by atomic mass is 9.93. The van der Waals surface area contributed by atoms with Crippen molar-refractivity contribution < 1.29 is 4.42 Å². The second-order valence-corrected chi connectivity index (χ2v) is 14.6. The molecule has 0 amide bonds. The van der Waals surface area contributed by atoms with Crippen LogP contribution in [0.3, 0.4) is 0 Å². The van der Waals surface area contributed by atoms with Crippen molar-refractivity contribution in [3.63, 3.8) is 0 Å². The molecule has 0 saturated carbocycles. The van der Waals surface area contributed by atoms with Gasteiger partial charge in [0.2, 0.25) is 0 Å². The lowest BCUT2D eigenvalue weighted by Crippen LogP contribution is -2.36. The first-order valence-electron chi connectivity index (χ1n) is 19.3. The molecule has 4 nitrogen and oxygen atoms in total. The highest BCUT2D eigenvalue weighted by Gasteiger charge is 2.25. The molecule has 0 fully saturated rings. The summed E-state index contributed by atoms with van der Waals surface area (Å²) in [7, 11) is 0. The molecule has 0 aliphatic carbocycles. The summed E-state index contributed by atoms with van der Waals surface area (Å²) < 4.78 is 6.92. The zero-order valence-corrected chi connectivity index (χ0v) is 30.9. The minimum absolute atomic E-state index is 0.533. The van der Waals surface area contributed by atoms with Crippen molar-refractivity contribution in [2.45, 2.75) is 6.17 Å². The second kappa shape index (κ2) is 13.6. The molecule has 1 aliphatic rings. The molecule has 4 heteroatoms. The predicted molar refractivity (Wildman–Crippen MR) is 237 cm³/mol. The molecule has 57 heavy (non-hydrogen) atoms. The van der Waals surface area contributed by atoms with Crippen LogP contribution in [0, 0.1) is 0 Å². The van der Waals surface area contributed by atoms with Gasteiger partial charge in [0.15, 0.2) is 6.17 Å². The number of hydrogen-bond acceptors (Lipinski definition) is 4. The maximum Gasteiger partial charge on any atom is 0.170 e. The lowest BCUT2D eigenvalue weighted by molar-refractivity contribution is 0.668. The number of fused-ring (bicyclic) bond motifs is 5. The lowest BCUT2D eigenvalue weighted by Gasteiger charge is -2.23. The van der Waals surface area contributed by atoms with Crippen LogP contribution in [0.15, 0.2) is 215 Å². The summed E-state index contributed by atoms with van der Waals surface area (Å²) in [5.41, 5.74) is 11.3. The van der Waals surface area contributed by atoms with Gasteiger partial charge < -0.3 is 9.73 Å². The van der Waals surface area contributed by atoms with E-state index < -0.39 is 6.17 Å². The van der Waals surface area contributed by atoms with Gasteiger partial charge in [-0.3, -0.25) is 0 Å². The minimum atomic E-state index is -0.533. The molecule has 11 rings (SSSR count). The van der Waals surface area contributed by atoms with Gasteiger partial charge in [0, 0.05) is 33.0 Å². The van der Waals surface area contributed by atoms with Crippen molar-refractivity contribution in [3.8, 4) is 33.4 Å². The summed E-state index contributed by atoms with van der Waals surface area (Å²) in [6, 6.07) is 70.6. The predicted octanol–water partition coefficient (Wildman–Crippen LogP) is 13.4. The topological polar surface area (TPSA) is 49.9 Å². The number of rotatable bonds is 6. The number of benzene rings is 9. The van der Waals surface area contributed by atoms with Gasteiger partial charge in [-0.05, 0) is 85.8 Å². The average molecular weight is 730 g/mol. The summed E-state index contributed by atoms with van der Waals surface area (Å²) in [5, 5.41) is 10.5. The average Bonchev–Trinajstić information content (AvgIpc) is 3.68. The zero-order chi connectivity index (χ0) is 37.7. The van der Waals surface area contributed by atoms with Crippen LogP contribution in [0.5, 0.6) is 0 Å². The summed E-state index contributed by atoms with van der Waals surface area (Å²) in [6.07, 6.45) is -0.533. The Bertz CT molecular complexity index is 3210. The Morgan fingerprint density at radius 2 is 0.947 bits per heavy atom. The Hall–Kier alpha value is -7.56. The second-order valence-electron chi connectivity index (χ2n) is 14.6. The van der Waals surface area contributed by atoms with Gasteiger partial charge in [0.1, 0.15) is 22.8 Å². The largest absolute Gasteiger partial charge is 0.455 e. The Balaban J connectivity index is 1.14. The van der Waals surface area contributed by atoms with Crippen molar-refractivity contribution in [1.82, 2.24) is 5.32 Å². The monoisotopic (exact) mass is 729 g/mol. The minimum Gasteiger partial charge on any atom is -0.455 e. The van der Waals surface area contributed by atoms with Crippen LogP contribution in [-0.2, 0) is 0 Å². The van der Waals surface area contributed by atoms with Crippen LogP contribution in [0.2, 0.25) is 0 Å². The molecule has 0 bridgehead atoms. The standard InChI is InChI=1S/C53H35N3O/c1-3-13-34(14-4-1)40-21-11-22-43(31-40)52-54-51(37-17-5-2-6-18-37)55-53(56-52)45-23-12-24-48-49(45)47-33-44(41-27-25-35-15-7-9-19-38(35)29-41)32-46(50(47)57-48)42-28-26-36-16-8-10-20-39(36)30-42/h1-33,53H,(H,54,55,56)/t53-/m0/s1. The van der Waals surface area contributed by atoms with E-state index in [9.17, 15) is 0 Å². The number of nitrogens with one attached hydrogen (secondary N) is 1. The van der Waals surface area contributed by atoms with E-state index in [-0.39, 0.29) is 0 Å². The number of furan rings is 1. The fourth-order valence-electron chi connectivity index (χ4n) is 8.23.